The van der Waals surface area contributed by atoms with Crippen LogP contribution in [0.3, 0.4) is 0 Å². The summed E-state index contributed by atoms with van der Waals surface area (Å²) >= 11 is 5.96. The van der Waals surface area contributed by atoms with Crippen molar-refractivity contribution in [3.8, 4) is 5.75 Å². The van der Waals surface area contributed by atoms with Crippen molar-refractivity contribution in [2.75, 3.05) is 6.61 Å². The second-order valence-electron chi connectivity index (χ2n) is 7.43. The van der Waals surface area contributed by atoms with Gasteiger partial charge in [0.05, 0.1) is 31.0 Å². The molecule has 0 bridgehead atoms. The molecule has 2 heterocycles. The maximum Gasteiger partial charge on any atom is 0.296 e. The fourth-order valence-electron chi connectivity index (χ4n) is 3.69. The number of hydrogen-bond donors (Lipinski definition) is 1. The Morgan fingerprint density at radius 2 is 1.81 bits per heavy atom. The maximum atomic E-state index is 13.0. The van der Waals surface area contributed by atoms with Gasteiger partial charge in [-0.3, -0.25) is 9.59 Å². The predicted octanol–water partition coefficient (Wildman–Crippen LogP) is 5.34. The number of hydrogen-bond acceptors (Lipinski definition) is 5. The van der Waals surface area contributed by atoms with E-state index in [1.165, 1.54) is 11.2 Å². The molecule has 32 heavy (non-hydrogen) atoms. The van der Waals surface area contributed by atoms with Crippen molar-refractivity contribution in [3.05, 3.63) is 94.4 Å². The molecule has 1 amide bonds. The third kappa shape index (κ3) is 4.27. The van der Waals surface area contributed by atoms with Gasteiger partial charge < -0.3 is 19.2 Å². The van der Waals surface area contributed by atoms with Gasteiger partial charge in [-0.2, -0.15) is 0 Å². The van der Waals surface area contributed by atoms with Crippen molar-refractivity contribution in [1.29, 1.82) is 0 Å². The van der Waals surface area contributed by atoms with Gasteiger partial charge in [0.25, 0.3) is 11.7 Å². The lowest BCUT2D eigenvalue weighted by Crippen LogP contribution is -2.29. The van der Waals surface area contributed by atoms with Crippen LogP contribution in [0.2, 0.25) is 5.02 Å². The van der Waals surface area contributed by atoms with E-state index in [4.69, 9.17) is 20.8 Å². The van der Waals surface area contributed by atoms with Crippen LogP contribution in [0.15, 0.2) is 76.9 Å². The number of amides is 1. The first-order valence-electron chi connectivity index (χ1n) is 10.3. The molecule has 0 spiro atoms. The SMILES string of the molecule is CCCOc1ccc(C2/C(=C(/O)c3ccc(Cl)cc3)C(=O)C(=O)N2Cc2ccco2)cc1. The second kappa shape index (κ2) is 9.32. The van der Waals surface area contributed by atoms with Gasteiger partial charge in [0.2, 0.25) is 0 Å². The van der Waals surface area contributed by atoms with E-state index < -0.39 is 17.7 Å². The zero-order valence-corrected chi connectivity index (χ0v) is 18.2. The molecule has 0 radical (unpaired) electrons. The van der Waals surface area contributed by atoms with Gasteiger partial charge in [-0.05, 0) is 60.5 Å². The number of benzene rings is 2. The van der Waals surface area contributed by atoms with Crippen LogP contribution < -0.4 is 4.74 Å². The van der Waals surface area contributed by atoms with Gasteiger partial charge in [0.15, 0.2) is 0 Å². The molecule has 4 rings (SSSR count). The Hall–Kier alpha value is -3.51. The topological polar surface area (TPSA) is 80.0 Å². The van der Waals surface area contributed by atoms with Crippen molar-refractivity contribution in [2.24, 2.45) is 0 Å². The highest BCUT2D eigenvalue weighted by Crippen LogP contribution is 2.40. The molecule has 0 aliphatic carbocycles. The van der Waals surface area contributed by atoms with E-state index in [0.717, 1.165) is 6.42 Å². The largest absolute Gasteiger partial charge is 0.507 e. The summed E-state index contributed by atoms with van der Waals surface area (Å²) in [6.45, 7) is 2.70. The molecule has 1 unspecified atom stereocenters. The zero-order chi connectivity index (χ0) is 22.7. The number of likely N-dealkylation sites (tertiary alicyclic amines) is 1. The van der Waals surface area contributed by atoms with Gasteiger partial charge in [0, 0.05) is 10.6 Å². The third-order valence-electron chi connectivity index (χ3n) is 5.23. The van der Waals surface area contributed by atoms with Gasteiger partial charge >= 0.3 is 0 Å². The Bertz CT molecular complexity index is 1130. The van der Waals surface area contributed by atoms with E-state index in [-0.39, 0.29) is 17.9 Å². The number of Topliss-reactive ketones (excluding diaryl/α,β-unsaturated/α-hetero) is 1. The molecule has 1 saturated heterocycles. The van der Waals surface area contributed by atoms with Gasteiger partial charge in [0.1, 0.15) is 17.3 Å². The van der Waals surface area contributed by atoms with E-state index in [2.05, 4.69) is 0 Å². The summed E-state index contributed by atoms with van der Waals surface area (Å²) in [4.78, 5) is 27.4. The molecule has 7 heteroatoms. The summed E-state index contributed by atoms with van der Waals surface area (Å²) in [5, 5.41) is 11.5. The lowest BCUT2D eigenvalue weighted by Gasteiger charge is -2.24. The van der Waals surface area contributed by atoms with Crippen LogP contribution in [-0.2, 0) is 16.1 Å². The van der Waals surface area contributed by atoms with Crippen molar-refractivity contribution in [1.82, 2.24) is 4.90 Å². The minimum Gasteiger partial charge on any atom is -0.507 e. The van der Waals surface area contributed by atoms with Crippen molar-refractivity contribution in [2.45, 2.75) is 25.9 Å². The van der Waals surface area contributed by atoms with Gasteiger partial charge in [-0.25, -0.2) is 0 Å². The van der Waals surface area contributed by atoms with Crippen molar-refractivity contribution in [3.63, 3.8) is 0 Å². The normalized spacial score (nSPS) is 17.7. The number of carbonyl (C=O) groups is 2. The lowest BCUT2D eigenvalue weighted by molar-refractivity contribution is -0.140. The van der Waals surface area contributed by atoms with Crippen LogP contribution in [-0.4, -0.2) is 28.3 Å². The number of ketones is 1. The monoisotopic (exact) mass is 451 g/mol. The molecule has 164 valence electrons. The van der Waals surface area contributed by atoms with Gasteiger partial charge in [-0.1, -0.05) is 30.7 Å². The van der Waals surface area contributed by atoms with E-state index in [9.17, 15) is 14.7 Å². The maximum absolute atomic E-state index is 13.0. The smallest absolute Gasteiger partial charge is 0.296 e. The summed E-state index contributed by atoms with van der Waals surface area (Å²) in [6, 6.07) is 16.3. The number of furan rings is 1. The molecule has 0 saturated carbocycles. The standard InChI is InChI=1S/C25H22ClNO5/c1-2-13-31-19-11-7-16(8-12-19)22-21(23(28)17-5-9-18(26)10-6-17)24(29)25(30)27(22)15-20-4-3-14-32-20/h3-12,14,22,28H,2,13,15H2,1H3/b23-21-. The van der Waals surface area contributed by atoms with Crippen LogP contribution in [0.4, 0.5) is 0 Å². The Morgan fingerprint density at radius 1 is 1.09 bits per heavy atom. The summed E-state index contributed by atoms with van der Waals surface area (Å²) < 4.78 is 11.0. The molecule has 3 aromatic rings. The molecule has 2 aromatic carbocycles. The molecular formula is C25H22ClNO5. The van der Waals surface area contributed by atoms with Crippen LogP contribution >= 0.6 is 11.6 Å². The number of aliphatic hydroxyl groups is 1. The average molecular weight is 452 g/mol. The quantitative estimate of drug-likeness (QED) is 0.298. The number of nitrogens with zero attached hydrogens (tertiary/aromatic N) is 1. The van der Waals surface area contributed by atoms with Crippen LogP contribution in [0, 0.1) is 0 Å². The van der Waals surface area contributed by atoms with Crippen LogP contribution in [0.5, 0.6) is 5.75 Å². The van der Waals surface area contributed by atoms with Gasteiger partial charge in [-0.15, -0.1) is 0 Å². The van der Waals surface area contributed by atoms with E-state index >= 15 is 0 Å². The minimum atomic E-state index is -0.781. The van der Waals surface area contributed by atoms with E-state index in [1.807, 2.05) is 6.92 Å². The molecular weight excluding hydrogens is 430 g/mol. The second-order valence-corrected chi connectivity index (χ2v) is 7.87. The Kier molecular flexibility index (Phi) is 6.32. The van der Waals surface area contributed by atoms with Crippen molar-refractivity contribution < 1.29 is 23.8 Å². The molecule has 6 nitrogen and oxygen atoms in total. The third-order valence-corrected chi connectivity index (χ3v) is 5.48. The highest BCUT2D eigenvalue weighted by molar-refractivity contribution is 6.46. The number of halogens is 1. The highest BCUT2D eigenvalue weighted by atomic mass is 35.5. The molecule has 1 N–H and O–H groups in total. The number of rotatable bonds is 7. The molecule has 1 fully saturated rings. The Labute approximate surface area is 190 Å². The van der Waals surface area contributed by atoms with E-state index in [0.29, 0.717) is 34.3 Å². The Morgan fingerprint density at radius 3 is 2.44 bits per heavy atom. The van der Waals surface area contributed by atoms with E-state index in [1.54, 1.807) is 60.7 Å². The Balaban J connectivity index is 1.79. The first kappa shape index (κ1) is 21.7. The molecule has 1 aromatic heterocycles. The molecule has 1 aliphatic rings. The average Bonchev–Trinajstić information content (AvgIpc) is 3.40. The number of ether oxygens (including phenoxy) is 1. The fraction of sp³-hybridized carbons (Fsp3) is 0.200. The molecule has 1 aliphatic heterocycles. The first-order chi connectivity index (χ1) is 15.5. The van der Waals surface area contributed by atoms with Crippen LogP contribution in [0.25, 0.3) is 5.76 Å². The zero-order valence-electron chi connectivity index (χ0n) is 17.5. The minimum absolute atomic E-state index is 0.0195. The van der Waals surface area contributed by atoms with Crippen LogP contribution in [0.1, 0.15) is 36.3 Å². The summed E-state index contributed by atoms with van der Waals surface area (Å²) in [5.41, 5.74) is 1.10. The summed E-state index contributed by atoms with van der Waals surface area (Å²) in [6.07, 6.45) is 2.39. The number of carbonyl (C=O) groups excluding carboxylic acids is 2. The fourth-order valence-corrected chi connectivity index (χ4v) is 3.82. The predicted molar refractivity (Wildman–Crippen MR) is 120 cm³/mol. The lowest BCUT2D eigenvalue weighted by atomic mass is 9.95. The van der Waals surface area contributed by atoms with Crippen molar-refractivity contribution >= 4 is 29.1 Å². The first-order valence-corrected chi connectivity index (χ1v) is 10.7. The summed E-state index contributed by atoms with van der Waals surface area (Å²) in [5.74, 6) is -0.477. The highest BCUT2D eigenvalue weighted by Gasteiger charge is 2.46. The molecule has 1 atom stereocenters. The summed E-state index contributed by atoms with van der Waals surface area (Å²) in [7, 11) is 0. The number of aliphatic hydroxyl groups excluding tert-OH is 1.